The first-order valence-electron chi connectivity index (χ1n) is 6.42. The predicted molar refractivity (Wildman–Crippen MR) is 76.0 cm³/mol. The average Bonchev–Trinajstić information content (AvgIpc) is 2.47. The number of nitrogens with two attached hydrogens (primary N) is 1. The molecule has 110 valence electrons. The third-order valence-corrected chi connectivity index (χ3v) is 5.28. The highest BCUT2D eigenvalue weighted by Gasteiger charge is 2.26. The second-order valence-electron chi connectivity index (χ2n) is 4.54. The van der Waals surface area contributed by atoms with E-state index in [-0.39, 0.29) is 5.75 Å². The van der Waals surface area contributed by atoms with Crippen LogP contribution in [0, 0.1) is 0 Å². The van der Waals surface area contributed by atoms with Crippen LogP contribution in [0.4, 0.5) is 5.69 Å². The van der Waals surface area contributed by atoms with Crippen LogP contribution in [0.2, 0.25) is 0 Å². The van der Waals surface area contributed by atoms with E-state index < -0.39 is 15.9 Å². The molecule has 7 nitrogen and oxygen atoms in total. The van der Waals surface area contributed by atoms with E-state index >= 15 is 0 Å². The SMILES string of the molecule is CCS(=O)(=O)N1CCN(c2ccncc2C(N)=O)CC1. The highest BCUT2D eigenvalue weighted by molar-refractivity contribution is 7.89. The maximum absolute atomic E-state index is 11.8. The molecule has 8 heteroatoms. The molecule has 1 aromatic heterocycles. The fourth-order valence-electron chi connectivity index (χ4n) is 2.24. The van der Waals surface area contributed by atoms with Crippen LogP contribution in [0.3, 0.4) is 0 Å². The first-order valence-corrected chi connectivity index (χ1v) is 8.03. The number of hydrogen-bond donors (Lipinski definition) is 1. The van der Waals surface area contributed by atoms with E-state index in [9.17, 15) is 13.2 Å². The number of rotatable bonds is 4. The lowest BCUT2D eigenvalue weighted by molar-refractivity contribution is 0.1000. The molecule has 0 spiro atoms. The summed E-state index contributed by atoms with van der Waals surface area (Å²) in [5.74, 6) is -0.425. The minimum absolute atomic E-state index is 0.106. The Bertz CT molecular complexity index is 594. The zero-order valence-electron chi connectivity index (χ0n) is 11.3. The third kappa shape index (κ3) is 2.91. The standard InChI is InChI=1S/C12H18N4O3S/c1-2-20(18,19)16-7-5-15(6-8-16)11-3-4-14-9-10(11)12(13)17/h3-4,9H,2,5-8H2,1H3,(H2,13,17). The van der Waals surface area contributed by atoms with Gasteiger partial charge in [-0.1, -0.05) is 0 Å². The Balaban J connectivity index is 2.14. The molecule has 0 unspecified atom stereocenters. The lowest BCUT2D eigenvalue weighted by atomic mass is 10.2. The maximum atomic E-state index is 11.8. The first-order chi connectivity index (χ1) is 9.45. The lowest BCUT2D eigenvalue weighted by Crippen LogP contribution is -2.49. The first kappa shape index (κ1) is 14.7. The van der Waals surface area contributed by atoms with E-state index in [0.29, 0.717) is 37.4 Å². The summed E-state index contributed by atoms with van der Waals surface area (Å²) in [4.78, 5) is 17.2. The molecule has 0 atom stereocenters. The van der Waals surface area contributed by atoms with Crippen molar-refractivity contribution in [1.29, 1.82) is 0 Å². The van der Waals surface area contributed by atoms with Crippen molar-refractivity contribution in [3.63, 3.8) is 0 Å². The van der Waals surface area contributed by atoms with Crippen LogP contribution in [0.15, 0.2) is 18.5 Å². The molecular formula is C12H18N4O3S. The van der Waals surface area contributed by atoms with Gasteiger partial charge in [0.05, 0.1) is 17.0 Å². The van der Waals surface area contributed by atoms with Crippen LogP contribution < -0.4 is 10.6 Å². The topological polar surface area (TPSA) is 96.6 Å². The maximum Gasteiger partial charge on any atom is 0.252 e. The van der Waals surface area contributed by atoms with Crippen LogP contribution in [-0.4, -0.2) is 55.5 Å². The summed E-state index contributed by atoms with van der Waals surface area (Å²) in [6.07, 6.45) is 3.03. The summed E-state index contributed by atoms with van der Waals surface area (Å²) in [5, 5.41) is 0. The number of pyridine rings is 1. The largest absolute Gasteiger partial charge is 0.368 e. The molecule has 20 heavy (non-hydrogen) atoms. The quantitative estimate of drug-likeness (QED) is 0.819. The van der Waals surface area contributed by atoms with Gasteiger partial charge in [0.2, 0.25) is 10.0 Å². The van der Waals surface area contributed by atoms with Crippen LogP contribution in [0.25, 0.3) is 0 Å². The van der Waals surface area contributed by atoms with E-state index in [1.165, 1.54) is 10.5 Å². The summed E-state index contributed by atoms with van der Waals surface area (Å²) in [6, 6.07) is 1.73. The van der Waals surface area contributed by atoms with Gasteiger partial charge in [-0.05, 0) is 13.0 Å². The summed E-state index contributed by atoms with van der Waals surface area (Å²) < 4.78 is 25.1. The van der Waals surface area contributed by atoms with Gasteiger partial charge in [0.25, 0.3) is 5.91 Å². The number of nitrogens with zero attached hydrogens (tertiary/aromatic N) is 3. The van der Waals surface area contributed by atoms with E-state index in [1.54, 1.807) is 19.2 Å². The van der Waals surface area contributed by atoms with Gasteiger partial charge in [-0.15, -0.1) is 0 Å². The zero-order valence-corrected chi connectivity index (χ0v) is 12.1. The zero-order chi connectivity index (χ0) is 14.8. The normalized spacial score (nSPS) is 17.1. The number of carbonyl (C=O) groups excluding carboxylic acids is 1. The van der Waals surface area contributed by atoms with Gasteiger partial charge in [0.1, 0.15) is 0 Å². The Labute approximate surface area is 118 Å². The number of anilines is 1. The molecule has 0 aromatic carbocycles. The molecule has 2 heterocycles. The third-order valence-electron chi connectivity index (χ3n) is 3.40. The molecule has 0 saturated carbocycles. The van der Waals surface area contributed by atoms with Crippen molar-refractivity contribution in [3.8, 4) is 0 Å². The van der Waals surface area contributed by atoms with Gasteiger partial charge >= 0.3 is 0 Å². The molecule has 0 aliphatic carbocycles. The molecule has 1 aromatic rings. The Morgan fingerprint density at radius 1 is 1.35 bits per heavy atom. The smallest absolute Gasteiger partial charge is 0.252 e. The molecule has 1 fully saturated rings. The Morgan fingerprint density at radius 3 is 2.55 bits per heavy atom. The van der Waals surface area contributed by atoms with E-state index in [2.05, 4.69) is 4.98 Å². The molecule has 2 N–H and O–H groups in total. The lowest BCUT2D eigenvalue weighted by Gasteiger charge is -2.35. The van der Waals surface area contributed by atoms with Gasteiger partial charge < -0.3 is 10.6 Å². The molecule has 1 aliphatic rings. The molecule has 0 bridgehead atoms. The number of piperazine rings is 1. The minimum Gasteiger partial charge on any atom is -0.368 e. The van der Waals surface area contributed by atoms with Crippen LogP contribution >= 0.6 is 0 Å². The van der Waals surface area contributed by atoms with Crippen molar-refractivity contribution >= 4 is 21.6 Å². The summed E-state index contributed by atoms with van der Waals surface area (Å²) in [6.45, 7) is 3.52. The molecule has 1 amide bonds. The fourth-order valence-corrected chi connectivity index (χ4v) is 3.33. The number of primary amides is 1. The van der Waals surface area contributed by atoms with Gasteiger partial charge in [-0.3, -0.25) is 9.78 Å². The van der Waals surface area contributed by atoms with Crippen LogP contribution in [-0.2, 0) is 10.0 Å². The predicted octanol–water partition coefficient (Wildman–Crippen LogP) is -0.348. The van der Waals surface area contributed by atoms with E-state index in [0.717, 1.165) is 0 Å². The van der Waals surface area contributed by atoms with Crippen molar-refractivity contribution in [2.75, 3.05) is 36.8 Å². The second kappa shape index (κ2) is 5.76. The van der Waals surface area contributed by atoms with Crippen molar-refractivity contribution in [1.82, 2.24) is 9.29 Å². The van der Waals surface area contributed by atoms with E-state index in [1.807, 2.05) is 4.90 Å². The van der Waals surface area contributed by atoms with Gasteiger partial charge in [-0.2, -0.15) is 4.31 Å². The summed E-state index contributed by atoms with van der Waals surface area (Å²) in [5.41, 5.74) is 6.40. The monoisotopic (exact) mass is 298 g/mol. The molecule has 2 rings (SSSR count). The fraction of sp³-hybridized carbons (Fsp3) is 0.500. The highest BCUT2D eigenvalue weighted by Crippen LogP contribution is 2.21. The molecule has 0 radical (unpaired) electrons. The van der Waals surface area contributed by atoms with Gasteiger partial charge in [0, 0.05) is 38.6 Å². The molecule has 1 saturated heterocycles. The second-order valence-corrected chi connectivity index (χ2v) is 6.80. The van der Waals surface area contributed by atoms with E-state index in [4.69, 9.17) is 5.73 Å². The van der Waals surface area contributed by atoms with Crippen LogP contribution in [0.5, 0.6) is 0 Å². The minimum atomic E-state index is -3.15. The summed E-state index contributed by atoms with van der Waals surface area (Å²) in [7, 11) is -3.15. The summed E-state index contributed by atoms with van der Waals surface area (Å²) >= 11 is 0. The molecule has 1 aliphatic heterocycles. The molecular weight excluding hydrogens is 280 g/mol. The number of carbonyl (C=O) groups is 1. The number of amides is 1. The average molecular weight is 298 g/mol. The van der Waals surface area contributed by atoms with Crippen molar-refractivity contribution in [2.24, 2.45) is 5.73 Å². The number of aromatic nitrogens is 1. The Morgan fingerprint density at radius 2 is 2.00 bits per heavy atom. The highest BCUT2D eigenvalue weighted by atomic mass is 32.2. The Kier molecular flexibility index (Phi) is 4.24. The van der Waals surface area contributed by atoms with Crippen molar-refractivity contribution in [3.05, 3.63) is 24.0 Å². The van der Waals surface area contributed by atoms with Gasteiger partial charge in [-0.25, -0.2) is 8.42 Å². The van der Waals surface area contributed by atoms with Crippen molar-refractivity contribution in [2.45, 2.75) is 6.92 Å². The van der Waals surface area contributed by atoms with Crippen LogP contribution in [0.1, 0.15) is 17.3 Å². The van der Waals surface area contributed by atoms with Gasteiger partial charge in [0.15, 0.2) is 0 Å². The Hall–Kier alpha value is -1.67. The number of sulfonamides is 1. The number of hydrogen-bond acceptors (Lipinski definition) is 5. The van der Waals surface area contributed by atoms with Crippen molar-refractivity contribution < 1.29 is 13.2 Å².